The third-order valence-electron chi connectivity index (χ3n) is 1.41. The van der Waals surface area contributed by atoms with E-state index in [9.17, 15) is 0 Å². The van der Waals surface area contributed by atoms with Crippen LogP contribution in [0.25, 0.3) is 0 Å². The van der Waals surface area contributed by atoms with Gasteiger partial charge in [-0.2, -0.15) is 11.8 Å². The van der Waals surface area contributed by atoms with Gasteiger partial charge in [-0.25, -0.2) is 0 Å². The lowest BCUT2D eigenvalue weighted by atomic mass is 10.5. The normalized spacial score (nSPS) is 24.6. The van der Waals surface area contributed by atoms with Crippen LogP contribution in [0.2, 0.25) is 0 Å². The van der Waals surface area contributed by atoms with Crippen LogP contribution in [0, 0.1) is 5.41 Å². The van der Waals surface area contributed by atoms with Gasteiger partial charge in [0, 0.05) is 17.3 Å². The van der Waals surface area contributed by atoms with E-state index in [2.05, 4.69) is 0 Å². The fourth-order valence-electron chi connectivity index (χ4n) is 0.888. The van der Waals surface area contributed by atoms with Gasteiger partial charge in [0.25, 0.3) is 0 Å². The third-order valence-corrected chi connectivity index (χ3v) is 4.16. The van der Waals surface area contributed by atoms with Gasteiger partial charge in [-0.3, -0.25) is 5.41 Å². The molecule has 0 spiro atoms. The SMILES string of the molecule is CCOC(=N)C1CSCCS1. The molecule has 4 heteroatoms. The van der Waals surface area contributed by atoms with Crippen molar-refractivity contribution in [2.75, 3.05) is 23.9 Å². The molecule has 0 amide bonds. The predicted molar refractivity (Wildman–Crippen MR) is 52.9 cm³/mol. The minimum atomic E-state index is 0.314. The highest BCUT2D eigenvalue weighted by molar-refractivity contribution is 8.07. The monoisotopic (exact) mass is 191 g/mol. The van der Waals surface area contributed by atoms with Gasteiger partial charge in [-0.1, -0.05) is 0 Å². The molecule has 11 heavy (non-hydrogen) atoms. The second kappa shape index (κ2) is 4.93. The maximum atomic E-state index is 7.53. The number of nitrogens with one attached hydrogen (secondary N) is 1. The number of ether oxygens (including phenoxy) is 1. The van der Waals surface area contributed by atoms with Crippen molar-refractivity contribution in [2.45, 2.75) is 12.2 Å². The van der Waals surface area contributed by atoms with Crippen LogP contribution in [0.5, 0.6) is 0 Å². The molecule has 0 radical (unpaired) electrons. The molecule has 0 bridgehead atoms. The smallest absolute Gasteiger partial charge is 0.194 e. The maximum absolute atomic E-state index is 7.53. The van der Waals surface area contributed by atoms with Crippen molar-refractivity contribution in [3.63, 3.8) is 0 Å². The molecule has 1 aliphatic heterocycles. The fraction of sp³-hybridized carbons (Fsp3) is 0.857. The summed E-state index contributed by atoms with van der Waals surface area (Å²) in [6.07, 6.45) is 0. The van der Waals surface area contributed by atoms with Crippen molar-refractivity contribution in [3.8, 4) is 0 Å². The van der Waals surface area contributed by atoms with Gasteiger partial charge in [0.1, 0.15) is 0 Å². The summed E-state index contributed by atoms with van der Waals surface area (Å²) in [6.45, 7) is 2.55. The molecule has 1 aliphatic rings. The van der Waals surface area contributed by atoms with E-state index in [1.807, 2.05) is 30.4 Å². The highest BCUT2D eigenvalue weighted by Crippen LogP contribution is 2.24. The van der Waals surface area contributed by atoms with Gasteiger partial charge < -0.3 is 4.74 Å². The van der Waals surface area contributed by atoms with Crippen LogP contribution in [0.1, 0.15) is 6.92 Å². The molecule has 0 aromatic rings. The first-order chi connectivity index (χ1) is 5.34. The van der Waals surface area contributed by atoms with Crippen LogP contribution in [-0.2, 0) is 4.74 Å². The number of hydrogen-bond acceptors (Lipinski definition) is 4. The van der Waals surface area contributed by atoms with E-state index in [-0.39, 0.29) is 0 Å². The van der Waals surface area contributed by atoms with Crippen LogP contribution in [0.3, 0.4) is 0 Å². The molecule has 0 aliphatic carbocycles. The highest BCUT2D eigenvalue weighted by atomic mass is 32.2. The Morgan fingerprint density at radius 2 is 2.45 bits per heavy atom. The van der Waals surface area contributed by atoms with Gasteiger partial charge >= 0.3 is 0 Å². The fourth-order valence-corrected chi connectivity index (χ4v) is 3.45. The first-order valence-corrected chi connectivity index (χ1v) is 5.95. The highest BCUT2D eigenvalue weighted by Gasteiger charge is 2.19. The summed E-state index contributed by atoms with van der Waals surface area (Å²) < 4.78 is 5.13. The molecule has 1 heterocycles. The summed E-state index contributed by atoms with van der Waals surface area (Å²) in [5.41, 5.74) is 0. The van der Waals surface area contributed by atoms with Crippen LogP contribution in [0.4, 0.5) is 0 Å². The second-order valence-electron chi connectivity index (χ2n) is 2.23. The van der Waals surface area contributed by atoms with Crippen molar-refractivity contribution in [1.29, 1.82) is 5.41 Å². The molecular formula is C7H13NOS2. The van der Waals surface area contributed by atoms with E-state index in [1.54, 1.807) is 0 Å². The molecule has 0 aromatic carbocycles. The zero-order chi connectivity index (χ0) is 8.10. The van der Waals surface area contributed by atoms with Gasteiger partial charge in [0.2, 0.25) is 0 Å². The Kier molecular flexibility index (Phi) is 4.15. The Labute approximate surface area is 76.0 Å². The summed E-state index contributed by atoms with van der Waals surface area (Å²) in [6, 6.07) is 0. The minimum Gasteiger partial charge on any atom is -0.481 e. The summed E-state index contributed by atoms with van der Waals surface area (Å²) in [7, 11) is 0. The van der Waals surface area contributed by atoms with Crippen molar-refractivity contribution < 1.29 is 4.74 Å². The molecular weight excluding hydrogens is 178 g/mol. The lowest BCUT2D eigenvalue weighted by Gasteiger charge is -2.20. The van der Waals surface area contributed by atoms with Crippen molar-refractivity contribution >= 4 is 29.4 Å². The lowest BCUT2D eigenvalue weighted by Crippen LogP contribution is -2.25. The van der Waals surface area contributed by atoms with Gasteiger partial charge in [-0.05, 0) is 6.92 Å². The standard InChI is InChI=1S/C7H13NOS2/c1-2-9-7(8)6-5-10-3-4-11-6/h6,8H,2-5H2,1H3. The first kappa shape index (κ1) is 9.26. The first-order valence-electron chi connectivity index (χ1n) is 3.75. The maximum Gasteiger partial charge on any atom is 0.194 e. The average Bonchev–Trinajstić information content (AvgIpc) is 2.07. The molecule has 1 rings (SSSR count). The number of rotatable bonds is 2. The largest absolute Gasteiger partial charge is 0.481 e. The zero-order valence-corrected chi connectivity index (χ0v) is 8.26. The van der Waals surface area contributed by atoms with Gasteiger partial charge in [-0.15, -0.1) is 11.8 Å². The summed E-state index contributed by atoms with van der Waals surface area (Å²) in [4.78, 5) is 0. The second-order valence-corrected chi connectivity index (χ2v) is 4.69. The molecule has 1 N–H and O–H groups in total. The van der Waals surface area contributed by atoms with Gasteiger partial charge in [0.15, 0.2) is 5.90 Å². The summed E-state index contributed by atoms with van der Waals surface area (Å²) in [5.74, 6) is 3.89. The summed E-state index contributed by atoms with van der Waals surface area (Å²) >= 11 is 3.76. The molecule has 0 saturated carbocycles. The number of thioether (sulfide) groups is 2. The van der Waals surface area contributed by atoms with E-state index >= 15 is 0 Å². The van der Waals surface area contributed by atoms with Crippen molar-refractivity contribution in [1.82, 2.24) is 0 Å². The van der Waals surface area contributed by atoms with Crippen molar-refractivity contribution in [2.24, 2.45) is 0 Å². The Morgan fingerprint density at radius 1 is 1.64 bits per heavy atom. The van der Waals surface area contributed by atoms with E-state index in [1.165, 1.54) is 5.75 Å². The predicted octanol–water partition coefficient (Wildman–Crippen LogP) is 1.85. The van der Waals surface area contributed by atoms with Crippen molar-refractivity contribution in [3.05, 3.63) is 0 Å². The zero-order valence-electron chi connectivity index (χ0n) is 6.63. The summed E-state index contributed by atoms with van der Waals surface area (Å²) in [5, 5.41) is 7.84. The Bertz CT molecular complexity index is 134. The molecule has 64 valence electrons. The van der Waals surface area contributed by atoms with Crippen LogP contribution < -0.4 is 0 Å². The topological polar surface area (TPSA) is 33.1 Å². The molecule has 2 nitrogen and oxygen atoms in total. The van der Waals surface area contributed by atoms with E-state index < -0.39 is 0 Å². The van der Waals surface area contributed by atoms with E-state index in [0.29, 0.717) is 17.8 Å². The molecule has 1 fully saturated rings. The quantitative estimate of drug-likeness (QED) is 0.534. The number of hydrogen-bond donors (Lipinski definition) is 1. The average molecular weight is 191 g/mol. The molecule has 0 aromatic heterocycles. The Balaban J connectivity index is 2.27. The van der Waals surface area contributed by atoms with Crippen LogP contribution >= 0.6 is 23.5 Å². The van der Waals surface area contributed by atoms with Crippen LogP contribution in [-0.4, -0.2) is 35.0 Å². The Morgan fingerprint density at radius 3 is 3.00 bits per heavy atom. The third kappa shape index (κ3) is 2.95. The Hall–Kier alpha value is 0.170. The van der Waals surface area contributed by atoms with Crippen LogP contribution in [0.15, 0.2) is 0 Å². The molecule has 1 saturated heterocycles. The lowest BCUT2D eigenvalue weighted by molar-refractivity contribution is 0.317. The molecule has 1 unspecified atom stereocenters. The van der Waals surface area contributed by atoms with E-state index in [0.717, 1.165) is 11.5 Å². The molecule has 1 atom stereocenters. The van der Waals surface area contributed by atoms with E-state index in [4.69, 9.17) is 10.1 Å². The van der Waals surface area contributed by atoms with Gasteiger partial charge in [0.05, 0.1) is 11.9 Å². The minimum absolute atomic E-state index is 0.314.